The van der Waals surface area contributed by atoms with Crippen molar-refractivity contribution in [1.82, 2.24) is 0 Å². The van der Waals surface area contributed by atoms with Crippen molar-refractivity contribution in [3.05, 3.63) is 35.4 Å². The van der Waals surface area contributed by atoms with Crippen molar-refractivity contribution in [1.29, 1.82) is 0 Å². The first kappa shape index (κ1) is 11.2. The Labute approximate surface area is 87.5 Å². The lowest BCUT2D eigenvalue weighted by molar-refractivity contribution is -0.140. The van der Waals surface area contributed by atoms with Gasteiger partial charge in [0.05, 0.1) is 20.0 Å². The van der Waals surface area contributed by atoms with Crippen LogP contribution >= 0.6 is 0 Å². The van der Waals surface area contributed by atoms with E-state index in [2.05, 4.69) is 4.74 Å². The maximum absolute atomic E-state index is 10.9. The van der Waals surface area contributed by atoms with Crippen LogP contribution in [0.15, 0.2) is 24.3 Å². The van der Waals surface area contributed by atoms with Gasteiger partial charge in [-0.15, -0.1) is 0 Å². The summed E-state index contributed by atoms with van der Waals surface area (Å²) in [5.41, 5.74) is 1.53. The zero-order chi connectivity index (χ0) is 11.3. The molecule has 0 saturated heterocycles. The Hall–Kier alpha value is -1.84. The number of carboxylic acid groups (broad SMARTS) is 1. The summed E-state index contributed by atoms with van der Waals surface area (Å²) in [6.07, 6.45) is 0.211. The van der Waals surface area contributed by atoms with E-state index in [1.54, 1.807) is 24.3 Å². The number of methoxy groups -OCH3 is 1. The van der Waals surface area contributed by atoms with Crippen LogP contribution in [0.3, 0.4) is 0 Å². The first-order valence-electron chi connectivity index (χ1n) is 4.48. The summed E-state index contributed by atoms with van der Waals surface area (Å²) in [7, 11) is 1.33. The normalized spacial score (nSPS) is 9.67. The zero-order valence-electron chi connectivity index (χ0n) is 8.40. The van der Waals surface area contributed by atoms with Gasteiger partial charge in [0.15, 0.2) is 0 Å². The Morgan fingerprint density at radius 1 is 1.13 bits per heavy atom. The monoisotopic (exact) mass is 208 g/mol. The van der Waals surface area contributed by atoms with Gasteiger partial charge in [-0.05, 0) is 11.1 Å². The number of ether oxygens (including phenoxy) is 1. The lowest BCUT2D eigenvalue weighted by Crippen LogP contribution is -2.05. The van der Waals surface area contributed by atoms with Crippen molar-refractivity contribution in [2.45, 2.75) is 12.8 Å². The summed E-state index contributed by atoms with van der Waals surface area (Å²) in [5, 5.41) is 8.55. The molecule has 0 fully saturated rings. The summed E-state index contributed by atoms with van der Waals surface area (Å²) >= 11 is 0. The molecule has 0 aliphatic carbocycles. The molecule has 0 saturated carbocycles. The van der Waals surface area contributed by atoms with E-state index >= 15 is 0 Å². The highest BCUT2D eigenvalue weighted by atomic mass is 16.5. The van der Waals surface area contributed by atoms with Crippen molar-refractivity contribution in [3.63, 3.8) is 0 Å². The number of carbonyl (C=O) groups excluding carboxylic acids is 1. The lowest BCUT2D eigenvalue weighted by Gasteiger charge is -2.01. The predicted molar refractivity (Wildman–Crippen MR) is 53.5 cm³/mol. The van der Waals surface area contributed by atoms with Gasteiger partial charge in [-0.3, -0.25) is 9.59 Å². The molecule has 0 unspecified atom stereocenters. The minimum absolute atomic E-state index is 0.00148. The fourth-order valence-electron chi connectivity index (χ4n) is 1.19. The fraction of sp³-hybridized carbons (Fsp3) is 0.273. The van der Waals surface area contributed by atoms with Crippen LogP contribution in [0.1, 0.15) is 11.1 Å². The summed E-state index contributed by atoms with van der Waals surface area (Å²) in [5.74, 6) is -1.17. The van der Waals surface area contributed by atoms with Gasteiger partial charge in [-0.2, -0.15) is 0 Å². The van der Waals surface area contributed by atoms with Gasteiger partial charge in [-0.1, -0.05) is 24.3 Å². The van der Waals surface area contributed by atoms with Gasteiger partial charge in [0, 0.05) is 0 Å². The van der Waals surface area contributed by atoms with E-state index in [0.717, 1.165) is 11.1 Å². The van der Waals surface area contributed by atoms with Crippen LogP contribution in [-0.2, 0) is 27.2 Å². The second-order valence-corrected chi connectivity index (χ2v) is 3.14. The Bertz CT molecular complexity index is 353. The van der Waals surface area contributed by atoms with Crippen molar-refractivity contribution < 1.29 is 19.4 Å². The largest absolute Gasteiger partial charge is 0.481 e. The van der Waals surface area contributed by atoms with E-state index in [9.17, 15) is 9.59 Å². The van der Waals surface area contributed by atoms with Crippen molar-refractivity contribution >= 4 is 11.9 Å². The second-order valence-electron chi connectivity index (χ2n) is 3.14. The highest BCUT2D eigenvalue weighted by molar-refractivity contribution is 5.73. The van der Waals surface area contributed by atoms with Gasteiger partial charge in [0.2, 0.25) is 0 Å². The molecule has 1 N–H and O–H groups in total. The number of rotatable bonds is 4. The van der Waals surface area contributed by atoms with Crippen LogP contribution in [-0.4, -0.2) is 24.2 Å². The van der Waals surface area contributed by atoms with E-state index in [1.807, 2.05) is 0 Å². The Morgan fingerprint density at radius 3 is 2.00 bits per heavy atom. The zero-order valence-corrected chi connectivity index (χ0v) is 8.40. The molecular formula is C11H12O4. The SMILES string of the molecule is COC(=O)Cc1ccc(CC(=O)O)cc1. The molecule has 0 atom stereocenters. The number of hydrogen-bond donors (Lipinski definition) is 1. The van der Waals surface area contributed by atoms with Crippen molar-refractivity contribution in [2.24, 2.45) is 0 Å². The summed E-state index contributed by atoms with van der Waals surface area (Å²) in [6, 6.07) is 6.86. The summed E-state index contributed by atoms with van der Waals surface area (Å²) in [4.78, 5) is 21.3. The molecule has 1 aromatic rings. The van der Waals surface area contributed by atoms with Crippen molar-refractivity contribution in [3.8, 4) is 0 Å². The van der Waals surface area contributed by atoms with Crippen LogP contribution < -0.4 is 0 Å². The summed E-state index contributed by atoms with van der Waals surface area (Å²) < 4.78 is 4.52. The molecule has 0 aliphatic heterocycles. The molecular weight excluding hydrogens is 196 g/mol. The van der Waals surface area contributed by atoms with Crippen LogP contribution in [0.5, 0.6) is 0 Å². The lowest BCUT2D eigenvalue weighted by atomic mass is 10.1. The fourth-order valence-corrected chi connectivity index (χ4v) is 1.19. The smallest absolute Gasteiger partial charge is 0.309 e. The van der Waals surface area contributed by atoms with E-state index in [1.165, 1.54) is 7.11 Å². The third-order valence-corrected chi connectivity index (χ3v) is 1.95. The average Bonchev–Trinajstić information content (AvgIpc) is 2.20. The molecule has 0 spiro atoms. The molecule has 0 aliphatic rings. The molecule has 0 aromatic heterocycles. The molecule has 15 heavy (non-hydrogen) atoms. The number of benzene rings is 1. The quantitative estimate of drug-likeness (QED) is 0.750. The van der Waals surface area contributed by atoms with E-state index in [-0.39, 0.29) is 18.8 Å². The number of aliphatic carboxylic acids is 1. The number of esters is 1. The number of hydrogen-bond acceptors (Lipinski definition) is 3. The van der Waals surface area contributed by atoms with E-state index in [0.29, 0.717) is 0 Å². The first-order valence-corrected chi connectivity index (χ1v) is 4.48. The number of carboxylic acids is 1. The Kier molecular flexibility index (Phi) is 3.85. The average molecular weight is 208 g/mol. The maximum atomic E-state index is 10.9. The minimum Gasteiger partial charge on any atom is -0.481 e. The minimum atomic E-state index is -0.865. The molecule has 1 rings (SSSR count). The van der Waals surface area contributed by atoms with E-state index < -0.39 is 5.97 Å². The van der Waals surface area contributed by atoms with Crippen LogP contribution in [0.4, 0.5) is 0 Å². The van der Waals surface area contributed by atoms with Gasteiger partial charge in [0.25, 0.3) is 0 Å². The van der Waals surface area contributed by atoms with Gasteiger partial charge >= 0.3 is 11.9 Å². The third-order valence-electron chi connectivity index (χ3n) is 1.95. The molecule has 80 valence electrons. The molecule has 1 aromatic carbocycles. The standard InChI is InChI=1S/C11H12O4/c1-15-11(14)7-9-4-2-8(3-5-9)6-10(12)13/h2-5H,6-7H2,1H3,(H,12,13). The van der Waals surface area contributed by atoms with E-state index in [4.69, 9.17) is 5.11 Å². The molecule has 0 radical (unpaired) electrons. The van der Waals surface area contributed by atoms with Crippen LogP contribution in [0, 0.1) is 0 Å². The summed E-state index contributed by atoms with van der Waals surface area (Å²) in [6.45, 7) is 0. The van der Waals surface area contributed by atoms with Crippen molar-refractivity contribution in [2.75, 3.05) is 7.11 Å². The van der Waals surface area contributed by atoms with Gasteiger partial charge in [0.1, 0.15) is 0 Å². The molecule has 0 bridgehead atoms. The van der Waals surface area contributed by atoms with Crippen LogP contribution in [0.2, 0.25) is 0 Å². The molecule has 0 amide bonds. The highest BCUT2D eigenvalue weighted by Gasteiger charge is 2.04. The molecule has 4 heteroatoms. The maximum Gasteiger partial charge on any atom is 0.309 e. The molecule has 4 nitrogen and oxygen atoms in total. The predicted octanol–water partition coefficient (Wildman–Crippen LogP) is 1.03. The number of carbonyl (C=O) groups is 2. The Morgan fingerprint density at radius 2 is 1.60 bits per heavy atom. The van der Waals surface area contributed by atoms with Gasteiger partial charge in [-0.25, -0.2) is 0 Å². The highest BCUT2D eigenvalue weighted by Crippen LogP contribution is 2.06. The Balaban J connectivity index is 2.64. The van der Waals surface area contributed by atoms with Gasteiger partial charge < -0.3 is 9.84 Å². The molecule has 0 heterocycles. The second kappa shape index (κ2) is 5.14. The van der Waals surface area contributed by atoms with Crippen LogP contribution in [0.25, 0.3) is 0 Å². The topological polar surface area (TPSA) is 63.6 Å². The third kappa shape index (κ3) is 3.81. The first-order chi connectivity index (χ1) is 7.11.